The third-order valence-corrected chi connectivity index (χ3v) is 2.29. The summed E-state index contributed by atoms with van der Waals surface area (Å²) in [5.74, 6) is -2.62. The molecule has 8 heteroatoms. The van der Waals surface area contributed by atoms with Crippen LogP contribution in [0, 0.1) is 0 Å². The van der Waals surface area contributed by atoms with E-state index >= 15 is 0 Å². The minimum absolute atomic E-state index is 0.363. The van der Waals surface area contributed by atoms with Crippen LogP contribution >= 0.6 is 0 Å². The van der Waals surface area contributed by atoms with Crippen LogP contribution in [0.3, 0.4) is 0 Å². The third kappa shape index (κ3) is 8.03. The predicted octanol–water partition coefficient (Wildman–Crippen LogP) is 0.531. The van der Waals surface area contributed by atoms with E-state index < -0.39 is 42.2 Å². The van der Waals surface area contributed by atoms with E-state index in [9.17, 15) is 19.2 Å². The van der Waals surface area contributed by atoms with E-state index in [4.69, 9.17) is 18.9 Å². The van der Waals surface area contributed by atoms with Crippen LogP contribution in [0.1, 0.15) is 27.7 Å². The van der Waals surface area contributed by atoms with Gasteiger partial charge >= 0.3 is 23.9 Å². The van der Waals surface area contributed by atoms with Gasteiger partial charge in [-0.25, -0.2) is 0 Å². The van der Waals surface area contributed by atoms with Gasteiger partial charge in [-0.2, -0.15) is 0 Å². The average molecular weight is 316 g/mol. The summed E-state index contributed by atoms with van der Waals surface area (Å²) in [6, 6.07) is 0. The SMILES string of the molecule is C=C[C@@H](OC(C)=O)[C@H](OC(C)=O)[C@@H](COC(C)=O)OC(C)=O. The van der Waals surface area contributed by atoms with Gasteiger partial charge in [0.15, 0.2) is 18.3 Å². The molecule has 8 nitrogen and oxygen atoms in total. The van der Waals surface area contributed by atoms with E-state index in [1.807, 2.05) is 0 Å². The lowest BCUT2D eigenvalue weighted by Crippen LogP contribution is -2.46. The van der Waals surface area contributed by atoms with Crippen LogP contribution in [0.15, 0.2) is 12.7 Å². The average Bonchev–Trinajstić information content (AvgIpc) is 2.37. The molecule has 124 valence electrons. The van der Waals surface area contributed by atoms with E-state index in [0.717, 1.165) is 20.8 Å². The summed E-state index contributed by atoms with van der Waals surface area (Å²) >= 11 is 0. The van der Waals surface area contributed by atoms with Gasteiger partial charge in [-0.1, -0.05) is 6.58 Å². The van der Waals surface area contributed by atoms with Gasteiger partial charge in [0, 0.05) is 27.7 Å². The lowest BCUT2D eigenvalue weighted by Gasteiger charge is -2.30. The van der Waals surface area contributed by atoms with Gasteiger partial charge < -0.3 is 18.9 Å². The lowest BCUT2D eigenvalue weighted by atomic mass is 10.1. The standard InChI is InChI=1S/C14H20O8/c1-6-12(20-9(3)16)14(22-11(5)18)13(21-10(4)17)7-19-8(2)15/h6,12-14H,1,7H2,2-5H3/t12-,13-,14+/m1/s1. The van der Waals surface area contributed by atoms with Gasteiger partial charge in [0.1, 0.15) is 6.61 Å². The van der Waals surface area contributed by atoms with Gasteiger partial charge in [0.05, 0.1) is 0 Å². The highest BCUT2D eigenvalue weighted by molar-refractivity contribution is 5.69. The van der Waals surface area contributed by atoms with Crippen molar-refractivity contribution in [1.29, 1.82) is 0 Å². The molecule has 0 saturated carbocycles. The molecule has 0 aliphatic carbocycles. The predicted molar refractivity (Wildman–Crippen MR) is 73.5 cm³/mol. The molecule has 0 saturated heterocycles. The van der Waals surface area contributed by atoms with Gasteiger partial charge in [-0.15, -0.1) is 0 Å². The minimum atomic E-state index is -1.19. The zero-order valence-corrected chi connectivity index (χ0v) is 13.0. The Morgan fingerprint density at radius 3 is 1.73 bits per heavy atom. The largest absolute Gasteiger partial charge is 0.462 e. The second-order valence-corrected chi connectivity index (χ2v) is 4.33. The number of carbonyl (C=O) groups is 4. The highest BCUT2D eigenvalue weighted by Crippen LogP contribution is 2.15. The quantitative estimate of drug-likeness (QED) is 0.363. The molecule has 0 rings (SSSR count). The van der Waals surface area contributed by atoms with Crippen molar-refractivity contribution in [1.82, 2.24) is 0 Å². The van der Waals surface area contributed by atoms with Gasteiger partial charge in [0.25, 0.3) is 0 Å². The number of hydrogen-bond acceptors (Lipinski definition) is 8. The van der Waals surface area contributed by atoms with Crippen molar-refractivity contribution >= 4 is 23.9 Å². The van der Waals surface area contributed by atoms with Gasteiger partial charge in [-0.3, -0.25) is 19.2 Å². The third-order valence-electron chi connectivity index (χ3n) is 2.29. The fraction of sp³-hybridized carbons (Fsp3) is 0.571. The molecular weight excluding hydrogens is 296 g/mol. The normalized spacial score (nSPS) is 14.0. The summed E-state index contributed by atoms with van der Waals surface area (Å²) in [6.07, 6.45) is -2.18. The maximum atomic E-state index is 11.2. The molecule has 22 heavy (non-hydrogen) atoms. The van der Waals surface area contributed by atoms with Crippen molar-refractivity contribution in [2.24, 2.45) is 0 Å². The van der Waals surface area contributed by atoms with Gasteiger partial charge in [-0.05, 0) is 6.08 Å². The molecule has 0 unspecified atom stereocenters. The Morgan fingerprint density at radius 2 is 1.36 bits per heavy atom. The van der Waals surface area contributed by atoms with Crippen molar-refractivity contribution in [2.75, 3.05) is 6.61 Å². The Hall–Kier alpha value is -2.38. The van der Waals surface area contributed by atoms with E-state index in [-0.39, 0.29) is 6.61 Å². The Bertz CT molecular complexity index is 442. The van der Waals surface area contributed by atoms with Crippen LogP contribution in [-0.2, 0) is 38.1 Å². The van der Waals surface area contributed by atoms with Crippen LogP contribution in [0.4, 0.5) is 0 Å². The molecule has 0 N–H and O–H groups in total. The number of esters is 4. The van der Waals surface area contributed by atoms with E-state index in [1.165, 1.54) is 13.0 Å². The first-order valence-corrected chi connectivity index (χ1v) is 6.45. The summed E-state index contributed by atoms with van der Waals surface area (Å²) < 4.78 is 19.8. The van der Waals surface area contributed by atoms with Crippen molar-refractivity contribution in [2.45, 2.75) is 46.0 Å². The van der Waals surface area contributed by atoms with Crippen LogP contribution < -0.4 is 0 Å². The summed E-state index contributed by atoms with van der Waals surface area (Å²) in [7, 11) is 0. The zero-order valence-electron chi connectivity index (χ0n) is 13.0. The molecule has 0 radical (unpaired) electrons. The molecule has 0 fully saturated rings. The Balaban J connectivity index is 5.35. The Labute approximate surface area is 128 Å². The molecule has 0 aliphatic rings. The molecule has 0 aromatic rings. The van der Waals surface area contributed by atoms with E-state index in [1.54, 1.807) is 0 Å². The number of ether oxygens (including phenoxy) is 4. The van der Waals surface area contributed by atoms with Crippen molar-refractivity contribution < 1.29 is 38.1 Å². The molecule has 0 bridgehead atoms. The van der Waals surface area contributed by atoms with E-state index in [2.05, 4.69) is 6.58 Å². The van der Waals surface area contributed by atoms with Crippen molar-refractivity contribution in [3.05, 3.63) is 12.7 Å². The molecule has 0 aromatic carbocycles. The monoisotopic (exact) mass is 316 g/mol. The summed E-state index contributed by atoms with van der Waals surface area (Å²) in [4.78, 5) is 44.5. The molecule has 3 atom stereocenters. The van der Waals surface area contributed by atoms with Crippen molar-refractivity contribution in [3.8, 4) is 0 Å². The molecule has 0 spiro atoms. The molecular formula is C14H20O8. The maximum Gasteiger partial charge on any atom is 0.303 e. The summed E-state index contributed by atoms with van der Waals surface area (Å²) in [6.45, 7) is 7.73. The first-order valence-electron chi connectivity index (χ1n) is 6.45. The van der Waals surface area contributed by atoms with Gasteiger partial charge in [0.2, 0.25) is 0 Å². The van der Waals surface area contributed by atoms with Crippen LogP contribution in [0.5, 0.6) is 0 Å². The lowest BCUT2D eigenvalue weighted by molar-refractivity contribution is -0.185. The minimum Gasteiger partial charge on any atom is -0.462 e. The highest BCUT2D eigenvalue weighted by atomic mass is 16.6. The van der Waals surface area contributed by atoms with Crippen LogP contribution in [-0.4, -0.2) is 48.8 Å². The fourth-order valence-electron chi connectivity index (χ4n) is 1.60. The molecule has 0 amide bonds. The Kier molecular flexibility index (Phi) is 8.51. The summed E-state index contributed by atoms with van der Waals surface area (Å²) in [5, 5.41) is 0. The first kappa shape index (κ1) is 19.6. The maximum absolute atomic E-state index is 11.2. The molecule has 0 aliphatic heterocycles. The molecule has 0 aromatic heterocycles. The topological polar surface area (TPSA) is 105 Å². The zero-order chi connectivity index (χ0) is 17.3. The smallest absolute Gasteiger partial charge is 0.303 e. The number of carbonyl (C=O) groups excluding carboxylic acids is 4. The van der Waals surface area contributed by atoms with Crippen LogP contribution in [0.2, 0.25) is 0 Å². The van der Waals surface area contributed by atoms with Crippen molar-refractivity contribution in [3.63, 3.8) is 0 Å². The second kappa shape index (κ2) is 9.54. The molecule has 0 heterocycles. The number of hydrogen-bond donors (Lipinski definition) is 0. The van der Waals surface area contributed by atoms with Crippen LogP contribution in [0.25, 0.3) is 0 Å². The van der Waals surface area contributed by atoms with E-state index in [0.29, 0.717) is 0 Å². The number of rotatable bonds is 8. The summed E-state index contributed by atoms with van der Waals surface area (Å²) in [5.41, 5.74) is 0. The first-order chi connectivity index (χ1) is 10.2. The second-order valence-electron chi connectivity index (χ2n) is 4.33. The fourth-order valence-corrected chi connectivity index (χ4v) is 1.60. The Morgan fingerprint density at radius 1 is 0.864 bits per heavy atom. The highest BCUT2D eigenvalue weighted by Gasteiger charge is 2.36.